The van der Waals surface area contributed by atoms with Crippen molar-refractivity contribution in [3.63, 3.8) is 0 Å². The van der Waals surface area contributed by atoms with E-state index in [2.05, 4.69) is 22.6 Å². The third-order valence-electron chi connectivity index (χ3n) is 7.64. The zero-order chi connectivity index (χ0) is 24.8. The van der Waals surface area contributed by atoms with Crippen LogP contribution in [0.4, 0.5) is 0 Å². The molecular formula is C25H40N4O5S. The van der Waals surface area contributed by atoms with Crippen LogP contribution in [0.15, 0.2) is 18.2 Å². The van der Waals surface area contributed by atoms with E-state index in [-0.39, 0.29) is 23.7 Å². The van der Waals surface area contributed by atoms with E-state index >= 15 is 0 Å². The van der Waals surface area contributed by atoms with E-state index in [0.29, 0.717) is 49.0 Å². The van der Waals surface area contributed by atoms with E-state index in [1.165, 1.54) is 0 Å². The molecule has 2 fully saturated rings. The number of piperidine rings is 2. The van der Waals surface area contributed by atoms with Gasteiger partial charge < -0.3 is 25.0 Å². The highest BCUT2D eigenvalue weighted by Crippen LogP contribution is 2.34. The highest BCUT2D eigenvalue weighted by atomic mass is 32.2. The number of hydrogen-bond donors (Lipinski definition) is 2. The molecule has 196 valence electrons. The zero-order valence-corrected chi connectivity index (χ0v) is 21.8. The molecule has 2 saturated heterocycles. The maximum Gasteiger partial charge on any atom is 0.255 e. The van der Waals surface area contributed by atoms with Gasteiger partial charge in [0.15, 0.2) is 11.5 Å². The second kappa shape index (κ2) is 11.9. The fourth-order valence-electron chi connectivity index (χ4n) is 5.39. The van der Waals surface area contributed by atoms with Gasteiger partial charge in [0.05, 0.1) is 11.3 Å². The lowest BCUT2D eigenvalue weighted by atomic mass is 9.87. The molecule has 35 heavy (non-hydrogen) atoms. The number of amides is 1. The lowest BCUT2D eigenvalue weighted by Gasteiger charge is -2.35. The summed E-state index contributed by atoms with van der Waals surface area (Å²) in [7, 11) is 0.451. The van der Waals surface area contributed by atoms with Crippen LogP contribution in [0.1, 0.15) is 48.9 Å². The monoisotopic (exact) mass is 508 g/mol. The molecule has 1 amide bonds. The molecule has 1 atom stereocenters. The molecule has 2 N–H and O–H groups in total. The van der Waals surface area contributed by atoms with Crippen molar-refractivity contribution in [2.24, 2.45) is 5.92 Å². The Labute approximate surface area is 209 Å². The van der Waals surface area contributed by atoms with Crippen LogP contribution in [-0.4, -0.2) is 94.9 Å². The molecule has 3 aliphatic heterocycles. The topological polar surface area (TPSA) is 100 Å². The number of nitrogens with one attached hydrogen (secondary N) is 2. The first kappa shape index (κ1) is 26.2. The number of nitrogens with zero attached hydrogens (tertiary/aromatic N) is 2. The van der Waals surface area contributed by atoms with Crippen LogP contribution in [0.2, 0.25) is 0 Å². The van der Waals surface area contributed by atoms with Crippen LogP contribution in [0, 0.1) is 5.92 Å². The van der Waals surface area contributed by atoms with Gasteiger partial charge in [-0.05, 0) is 89.8 Å². The number of ether oxygens (including phenoxy) is 2. The van der Waals surface area contributed by atoms with Crippen molar-refractivity contribution in [1.82, 2.24) is 19.8 Å². The fourth-order valence-corrected chi connectivity index (χ4v) is 6.87. The molecule has 9 nitrogen and oxygen atoms in total. The van der Waals surface area contributed by atoms with Crippen LogP contribution in [0.25, 0.3) is 0 Å². The number of carbonyl (C=O) groups excluding carboxylic acids is 1. The molecule has 1 unspecified atom stereocenters. The van der Waals surface area contributed by atoms with E-state index in [4.69, 9.17) is 9.47 Å². The Morgan fingerprint density at radius 3 is 2.63 bits per heavy atom. The van der Waals surface area contributed by atoms with E-state index in [9.17, 15) is 13.2 Å². The molecule has 0 aromatic heterocycles. The second-order valence-electron chi connectivity index (χ2n) is 10.0. The first-order valence-corrected chi connectivity index (χ1v) is 14.5. The van der Waals surface area contributed by atoms with Crippen LogP contribution in [-0.2, 0) is 10.0 Å². The molecule has 4 rings (SSSR count). The maximum atomic E-state index is 13.3. The van der Waals surface area contributed by atoms with Gasteiger partial charge in [-0.1, -0.05) is 6.07 Å². The number of sulfonamides is 1. The molecule has 1 aromatic rings. The van der Waals surface area contributed by atoms with E-state index in [0.717, 1.165) is 51.9 Å². The average molecular weight is 509 g/mol. The molecule has 0 spiro atoms. The first-order valence-electron chi connectivity index (χ1n) is 12.9. The highest BCUT2D eigenvalue weighted by molar-refractivity contribution is 7.89. The molecule has 10 heteroatoms. The van der Waals surface area contributed by atoms with Gasteiger partial charge in [0.25, 0.3) is 5.91 Å². The summed E-state index contributed by atoms with van der Waals surface area (Å²) >= 11 is 0. The predicted octanol–water partition coefficient (Wildman–Crippen LogP) is 1.69. The SMILES string of the molecule is CN1CCC(N(C)S(=O)(=O)CCCC(NC(=O)c2cccc3c2OCCO3)C2CCNCC2)CC1. The summed E-state index contributed by atoms with van der Waals surface area (Å²) in [4.78, 5) is 15.5. The van der Waals surface area contributed by atoms with Crippen molar-refractivity contribution in [2.75, 3.05) is 59.2 Å². The minimum atomic E-state index is -3.34. The second-order valence-corrected chi connectivity index (χ2v) is 12.2. The van der Waals surface area contributed by atoms with Gasteiger partial charge in [0, 0.05) is 19.1 Å². The van der Waals surface area contributed by atoms with Gasteiger partial charge in [0.1, 0.15) is 13.2 Å². The summed E-state index contributed by atoms with van der Waals surface area (Å²) in [6, 6.07) is 5.34. The lowest BCUT2D eigenvalue weighted by Crippen LogP contribution is -2.46. The normalized spacial score (nSPS) is 21.1. The molecule has 3 aliphatic rings. The summed E-state index contributed by atoms with van der Waals surface area (Å²) in [5.74, 6) is 1.30. The van der Waals surface area contributed by atoms with Gasteiger partial charge in [-0.25, -0.2) is 12.7 Å². The lowest BCUT2D eigenvalue weighted by molar-refractivity contribution is 0.0900. The summed E-state index contributed by atoms with van der Waals surface area (Å²) in [6.45, 7) is 4.55. The minimum Gasteiger partial charge on any atom is -0.486 e. The maximum absolute atomic E-state index is 13.3. The van der Waals surface area contributed by atoms with Crippen molar-refractivity contribution >= 4 is 15.9 Å². The zero-order valence-electron chi connectivity index (χ0n) is 21.0. The van der Waals surface area contributed by atoms with Crippen molar-refractivity contribution in [2.45, 2.75) is 50.6 Å². The number of likely N-dealkylation sites (tertiary alicyclic amines) is 1. The van der Waals surface area contributed by atoms with Crippen molar-refractivity contribution in [3.05, 3.63) is 23.8 Å². The van der Waals surface area contributed by atoms with Gasteiger partial charge in [-0.15, -0.1) is 0 Å². The van der Waals surface area contributed by atoms with Crippen molar-refractivity contribution in [1.29, 1.82) is 0 Å². The largest absolute Gasteiger partial charge is 0.486 e. The van der Waals surface area contributed by atoms with Gasteiger partial charge in [-0.3, -0.25) is 4.79 Å². The molecule has 3 heterocycles. The van der Waals surface area contributed by atoms with Gasteiger partial charge >= 0.3 is 0 Å². The standard InChI is InChI=1S/C25H40N4O5S/c1-28-14-10-20(11-15-28)29(2)35(31,32)18-4-6-22(19-8-12-26-13-9-19)27-25(30)21-5-3-7-23-24(21)34-17-16-33-23/h3,5,7,19-20,22,26H,4,6,8-18H2,1-2H3,(H,27,30). The third-order valence-corrected chi connectivity index (χ3v) is 9.62. The highest BCUT2D eigenvalue weighted by Gasteiger charge is 2.31. The Morgan fingerprint density at radius 2 is 1.89 bits per heavy atom. The quantitative estimate of drug-likeness (QED) is 0.524. The Balaban J connectivity index is 1.39. The first-order chi connectivity index (χ1) is 16.8. The number of para-hydroxylation sites is 1. The van der Waals surface area contributed by atoms with Crippen LogP contribution < -0.4 is 20.1 Å². The van der Waals surface area contributed by atoms with Crippen molar-refractivity contribution < 1.29 is 22.7 Å². The number of carbonyl (C=O) groups is 1. The molecule has 0 saturated carbocycles. The Bertz CT molecular complexity index is 959. The average Bonchev–Trinajstić information content (AvgIpc) is 2.88. The number of fused-ring (bicyclic) bond motifs is 1. The third kappa shape index (κ3) is 6.67. The smallest absolute Gasteiger partial charge is 0.255 e. The number of rotatable bonds is 9. The van der Waals surface area contributed by atoms with Crippen LogP contribution >= 0.6 is 0 Å². The van der Waals surface area contributed by atoms with Gasteiger partial charge in [0.2, 0.25) is 10.0 Å². The van der Waals surface area contributed by atoms with Crippen LogP contribution in [0.5, 0.6) is 11.5 Å². The van der Waals surface area contributed by atoms with E-state index in [1.807, 2.05) is 0 Å². The minimum absolute atomic E-state index is 0.0718. The number of hydrogen-bond acceptors (Lipinski definition) is 7. The summed E-state index contributed by atoms with van der Waals surface area (Å²) < 4.78 is 39.1. The molecule has 1 aromatic carbocycles. The molecule has 0 radical (unpaired) electrons. The summed E-state index contributed by atoms with van der Waals surface area (Å²) in [5.41, 5.74) is 0.468. The van der Waals surface area contributed by atoms with Gasteiger partial charge in [-0.2, -0.15) is 0 Å². The Morgan fingerprint density at radius 1 is 1.17 bits per heavy atom. The summed E-state index contributed by atoms with van der Waals surface area (Å²) in [5, 5.41) is 6.60. The molecular weight excluding hydrogens is 468 g/mol. The van der Waals surface area contributed by atoms with E-state index in [1.54, 1.807) is 29.6 Å². The predicted molar refractivity (Wildman–Crippen MR) is 136 cm³/mol. The fraction of sp³-hybridized carbons (Fsp3) is 0.720. The molecule has 0 bridgehead atoms. The summed E-state index contributed by atoms with van der Waals surface area (Å²) in [6.07, 6.45) is 4.80. The Kier molecular flexibility index (Phi) is 8.91. The Hall–Kier alpha value is -1.88. The van der Waals surface area contributed by atoms with Crippen molar-refractivity contribution in [3.8, 4) is 11.5 Å². The van der Waals surface area contributed by atoms with E-state index < -0.39 is 10.0 Å². The molecule has 0 aliphatic carbocycles. The number of benzene rings is 1. The van der Waals surface area contributed by atoms with Crippen LogP contribution in [0.3, 0.4) is 0 Å².